The van der Waals surface area contributed by atoms with Crippen molar-refractivity contribution >= 4 is 0 Å². The third kappa shape index (κ3) is 4.76. The van der Waals surface area contributed by atoms with Crippen LogP contribution in [0, 0.1) is 11.8 Å². The predicted octanol–water partition coefficient (Wildman–Crippen LogP) is 4.82. The zero-order valence-electron chi connectivity index (χ0n) is 11.7. The topological polar surface area (TPSA) is 12.0 Å². The number of alkyl halides is 6. The Hall–Kier alpha value is -0.460. The van der Waals surface area contributed by atoms with Gasteiger partial charge in [0.15, 0.2) is 0 Å². The van der Waals surface area contributed by atoms with Crippen LogP contribution in [0.5, 0.6) is 0 Å². The normalized spacial score (nSPS) is 35.7. The Kier molecular flexibility index (Phi) is 5.11. The van der Waals surface area contributed by atoms with Crippen LogP contribution in [0.15, 0.2) is 0 Å². The molecule has 4 atom stereocenters. The fourth-order valence-electron chi connectivity index (χ4n) is 3.61. The summed E-state index contributed by atoms with van der Waals surface area (Å²) in [6.07, 6.45) is -5.90. The van der Waals surface area contributed by atoms with Gasteiger partial charge in [-0.25, -0.2) is 0 Å². The number of nitrogens with one attached hydrogen (secondary N) is 1. The highest BCUT2D eigenvalue weighted by Crippen LogP contribution is 2.40. The molecule has 7 heteroatoms. The Morgan fingerprint density at radius 2 is 1.00 bits per heavy atom. The molecule has 2 rings (SSSR count). The molecule has 0 aromatic heterocycles. The van der Waals surface area contributed by atoms with Crippen molar-refractivity contribution in [2.24, 2.45) is 11.8 Å². The summed E-state index contributed by atoms with van der Waals surface area (Å²) >= 11 is 0. The molecule has 1 nitrogen and oxygen atoms in total. The van der Waals surface area contributed by atoms with E-state index in [2.05, 4.69) is 5.32 Å². The summed E-state index contributed by atoms with van der Waals surface area (Å²) in [7, 11) is 0. The molecule has 0 aromatic rings. The fraction of sp³-hybridized carbons (Fsp3) is 1.00. The third-order valence-electron chi connectivity index (χ3n) is 4.75. The summed E-state index contributed by atoms with van der Waals surface area (Å²) < 4.78 is 76.4. The first kappa shape index (κ1) is 16.9. The van der Waals surface area contributed by atoms with Gasteiger partial charge < -0.3 is 5.32 Å². The smallest absolute Gasteiger partial charge is 0.311 e. The first-order valence-electron chi connectivity index (χ1n) is 7.55. The lowest BCUT2D eigenvalue weighted by Crippen LogP contribution is -2.46. The lowest BCUT2D eigenvalue weighted by atomic mass is 9.82. The molecule has 2 saturated carbocycles. The van der Waals surface area contributed by atoms with Gasteiger partial charge in [-0.1, -0.05) is 12.8 Å². The van der Waals surface area contributed by atoms with Crippen molar-refractivity contribution in [1.82, 2.24) is 5.32 Å². The minimum Gasteiger partial charge on any atom is -0.311 e. The lowest BCUT2D eigenvalue weighted by molar-refractivity contribution is -0.186. The molecule has 0 aliphatic heterocycles. The van der Waals surface area contributed by atoms with E-state index in [0.717, 1.165) is 0 Å². The molecule has 0 amide bonds. The maximum atomic E-state index is 12.7. The van der Waals surface area contributed by atoms with Gasteiger partial charge in [-0.3, -0.25) is 0 Å². The van der Waals surface area contributed by atoms with E-state index in [1.165, 1.54) is 0 Å². The summed E-state index contributed by atoms with van der Waals surface area (Å²) in [5.41, 5.74) is 0. The van der Waals surface area contributed by atoms with Gasteiger partial charge in [-0.15, -0.1) is 0 Å². The molecule has 2 fully saturated rings. The molecule has 0 radical (unpaired) electrons. The van der Waals surface area contributed by atoms with E-state index in [-0.39, 0.29) is 37.8 Å². The summed E-state index contributed by atoms with van der Waals surface area (Å²) in [6, 6.07) is -0.607. The second-order valence-corrected chi connectivity index (χ2v) is 6.37. The van der Waals surface area contributed by atoms with Crippen LogP contribution in [0.3, 0.4) is 0 Å². The molecule has 1 N–H and O–H groups in total. The van der Waals surface area contributed by atoms with Crippen molar-refractivity contribution in [3.8, 4) is 0 Å². The molecule has 2 aliphatic rings. The number of halogens is 6. The molecule has 0 aromatic carbocycles. The van der Waals surface area contributed by atoms with E-state index >= 15 is 0 Å². The largest absolute Gasteiger partial charge is 0.391 e. The van der Waals surface area contributed by atoms with Crippen molar-refractivity contribution in [3.05, 3.63) is 0 Å². The van der Waals surface area contributed by atoms with Crippen molar-refractivity contribution in [2.45, 2.75) is 75.8 Å². The summed E-state index contributed by atoms with van der Waals surface area (Å²) in [5, 5.41) is 3.06. The average molecular weight is 317 g/mol. The van der Waals surface area contributed by atoms with Crippen LogP contribution in [-0.2, 0) is 0 Å². The van der Waals surface area contributed by atoms with Gasteiger partial charge in [-0.05, 0) is 38.5 Å². The van der Waals surface area contributed by atoms with E-state index in [1.54, 1.807) is 0 Å². The van der Waals surface area contributed by atoms with Crippen molar-refractivity contribution < 1.29 is 26.3 Å². The Morgan fingerprint density at radius 1 is 0.619 bits per heavy atom. The van der Waals surface area contributed by atoms with E-state index in [1.807, 2.05) is 0 Å². The standard InChI is InChI=1S/C14H21F6N/c15-13(16,17)9-3-1-5-11(7-9)21-12-6-2-4-10(8-12)14(18,19)20/h9-12,21H,1-8H2/t9-,10+,11-,12-/m0/s1. The van der Waals surface area contributed by atoms with Crippen LogP contribution in [0.4, 0.5) is 26.3 Å². The van der Waals surface area contributed by atoms with E-state index < -0.39 is 24.2 Å². The van der Waals surface area contributed by atoms with Gasteiger partial charge in [0.1, 0.15) is 0 Å². The second kappa shape index (κ2) is 6.34. The van der Waals surface area contributed by atoms with Crippen LogP contribution >= 0.6 is 0 Å². The SMILES string of the molecule is FC(F)(F)[C@@H]1CCC[C@H](N[C@H]2CCC[C@H](C(F)(F)F)C2)C1. The average Bonchev–Trinajstić information content (AvgIpc) is 2.37. The highest BCUT2D eigenvalue weighted by Gasteiger charge is 2.44. The van der Waals surface area contributed by atoms with E-state index in [0.29, 0.717) is 25.7 Å². The number of hydrogen-bond acceptors (Lipinski definition) is 1. The van der Waals surface area contributed by atoms with E-state index in [9.17, 15) is 26.3 Å². The molecule has 0 saturated heterocycles. The van der Waals surface area contributed by atoms with Crippen LogP contribution < -0.4 is 5.32 Å². The molecular weight excluding hydrogens is 296 g/mol. The monoisotopic (exact) mass is 317 g/mol. The molecule has 0 spiro atoms. The van der Waals surface area contributed by atoms with Crippen LogP contribution in [-0.4, -0.2) is 24.4 Å². The maximum absolute atomic E-state index is 12.7. The molecule has 21 heavy (non-hydrogen) atoms. The van der Waals surface area contributed by atoms with Gasteiger partial charge in [-0.2, -0.15) is 26.3 Å². The highest BCUT2D eigenvalue weighted by molar-refractivity contribution is 4.87. The Balaban J connectivity index is 1.86. The van der Waals surface area contributed by atoms with Gasteiger partial charge in [0.05, 0.1) is 11.8 Å². The molecular formula is C14H21F6N. The quantitative estimate of drug-likeness (QED) is 0.720. The van der Waals surface area contributed by atoms with Crippen molar-refractivity contribution in [3.63, 3.8) is 0 Å². The van der Waals surface area contributed by atoms with Crippen molar-refractivity contribution in [2.75, 3.05) is 0 Å². The van der Waals surface area contributed by atoms with Crippen LogP contribution in [0.2, 0.25) is 0 Å². The van der Waals surface area contributed by atoms with Gasteiger partial charge in [0, 0.05) is 12.1 Å². The lowest BCUT2D eigenvalue weighted by Gasteiger charge is -2.37. The molecule has 124 valence electrons. The third-order valence-corrected chi connectivity index (χ3v) is 4.75. The Bertz CT molecular complexity index is 305. The minimum absolute atomic E-state index is 0.00329. The second-order valence-electron chi connectivity index (χ2n) is 6.37. The molecule has 0 unspecified atom stereocenters. The molecule has 0 bridgehead atoms. The summed E-state index contributed by atoms with van der Waals surface area (Å²) in [6.45, 7) is 0. The van der Waals surface area contributed by atoms with Gasteiger partial charge >= 0.3 is 12.4 Å². The number of hydrogen-bond donors (Lipinski definition) is 1. The zero-order chi connectivity index (χ0) is 15.7. The first-order valence-corrected chi connectivity index (χ1v) is 7.55. The molecule has 0 heterocycles. The number of rotatable bonds is 2. The van der Waals surface area contributed by atoms with Gasteiger partial charge in [0.2, 0.25) is 0 Å². The summed E-state index contributed by atoms with van der Waals surface area (Å²) in [4.78, 5) is 0. The summed E-state index contributed by atoms with van der Waals surface area (Å²) in [5.74, 6) is -2.63. The zero-order valence-corrected chi connectivity index (χ0v) is 11.7. The Labute approximate surface area is 120 Å². The Morgan fingerprint density at radius 3 is 1.33 bits per heavy atom. The minimum atomic E-state index is -4.19. The van der Waals surface area contributed by atoms with E-state index in [4.69, 9.17) is 0 Å². The first-order chi connectivity index (χ1) is 9.66. The van der Waals surface area contributed by atoms with Crippen LogP contribution in [0.25, 0.3) is 0 Å². The van der Waals surface area contributed by atoms with Crippen molar-refractivity contribution in [1.29, 1.82) is 0 Å². The molecule has 2 aliphatic carbocycles. The van der Waals surface area contributed by atoms with Crippen LogP contribution in [0.1, 0.15) is 51.4 Å². The predicted molar refractivity (Wildman–Crippen MR) is 66.7 cm³/mol. The fourth-order valence-corrected chi connectivity index (χ4v) is 3.61. The van der Waals surface area contributed by atoms with Gasteiger partial charge in [0.25, 0.3) is 0 Å². The maximum Gasteiger partial charge on any atom is 0.391 e. The highest BCUT2D eigenvalue weighted by atomic mass is 19.4.